The van der Waals surface area contributed by atoms with Crippen molar-refractivity contribution in [2.75, 3.05) is 7.11 Å². The molecule has 3 rings (SSSR count). The summed E-state index contributed by atoms with van der Waals surface area (Å²) >= 11 is 0. The van der Waals surface area contributed by atoms with Gasteiger partial charge in [0.1, 0.15) is 6.04 Å². The van der Waals surface area contributed by atoms with Crippen molar-refractivity contribution in [2.24, 2.45) is 0 Å². The van der Waals surface area contributed by atoms with E-state index in [1.165, 1.54) is 31.4 Å². The highest BCUT2D eigenvalue weighted by Gasteiger charge is 2.22. The SMILES string of the molecule is COC(=O)c1cccc(C(=O)N[C@@H](Cc2ccc3ccccc3n2)C(=O)O)c1. The predicted molar refractivity (Wildman–Crippen MR) is 102 cm³/mol. The summed E-state index contributed by atoms with van der Waals surface area (Å²) in [6, 6.07) is 15.8. The number of nitrogens with zero attached hydrogens (tertiary/aromatic N) is 1. The molecule has 142 valence electrons. The van der Waals surface area contributed by atoms with E-state index in [0.717, 1.165) is 10.9 Å². The third kappa shape index (κ3) is 4.32. The molecule has 0 fully saturated rings. The van der Waals surface area contributed by atoms with Crippen LogP contribution in [-0.2, 0) is 16.0 Å². The van der Waals surface area contributed by atoms with Gasteiger partial charge >= 0.3 is 11.9 Å². The molecule has 2 N–H and O–H groups in total. The van der Waals surface area contributed by atoms with Gasteiger partial charge in [0.05, 0.1) is 18.2 Å². The fourth-order valence-corrected chi connectivity index (χ4v) is 2.78. The normalized spacial score (nSPS) is 11.6. The molecule has 0 aliphatic heterocycles. The Bertz CT molecular complexity index is 1050. The van der Waals surface area contributed by atoms with E-state index in [4.69, 9.17) is 0 Å². The van der Waals surface area contributed by atoms with Gasteiger partial charge in [-0.25, -0.2) is 9.59 Å². The average Bonchev–Trinajstić information content (AvgIpc) is 2.72. The fraction of sp³-hybridized carbons (Fsp3) is 0.143. The molecule has 7 heteroatoms. The van der Waals surface area contributed by atoms with Crippen molar-refractivity contribution >= 4 is 28.7 Å². The van der Waals surface area contributed by atoms with Gasteiger partial charge < -0.3 is 15.2 Å². The van der Waals surface area contributed by atoms with Crippen molar-refractivity contribution in [3.8, 4) is 0 Å². The van der Waals surface area contributed by atoms with Crippen molar-refractivity contribution in [1.29, 1.82) is 0 Å². The van der Waals surface area contributed by atoms with E-state index in [2.05, 4.69) is 15.0 Å². The first kappa shape index (κ1) is 19.0. The summed E-state index contributed by atoms with van der Waals surface area (Å²) in [5.41, 5.74) is 1.68. The Morgan fingerprint density at radius 3 is 2.54 bits per heavy atom. The Balaban J connectivity index is 1.78. The van der Waals surface area contributed by atoms with Crippen molar-refractivity contribution in [1.82, 2.24) is 10.3 Å². The fourth-order valence-electron chi connectivity index (χ4n) is 2.78. The summed E-state index contributed by atoms with van der Waals surface area (Å²) in [4.78, 5) is 40.2. The number of ether oxygens (including phenoxy) is 1. The van der Waals surface area contributed by atoms with Crippen LogP contribution in [0.5, 0.6) is 0 Å². The summed E-state index contributed by atoms with van der Waals surface area (Å²) in [5, 5.41) is 12.9. The first-order chi connectivity index (χ1) is 13.5. The number of rotatable bonds is 6. The Kier molecular flexibility index (Phi) is 5.64. The summed E-state index contributed by atoms with van der Waals surface area (Å²) < 4.78 is 4.63. The molecule has 1 aromatic heterocycles. The number of methoxy groups -OCH3 is 1. The number of aliphatic carboxylic acids is 1. The Hall–Kier alpha value is -3.74. The number of amides is 1. The largest absolute Gasteiger partial charge is 0.480 e. The summed E-state index contributed by atoms with van der Waals surface area (Å²) in [5.74, 6) is -2.35. The molecule has 0 aliphatic rings. The molecule has 0 spiro atoms. The van der Waals surface area contributed by atoms with E-state index in [9.17, 15) is 19.5 Å². The lowest BCUT2D eigenvalue weighted by Crippen LogP contribution is -2.42. The van der Waals surface area contributed by atoms with E-state index >= 15 is 0 Å². The maximum absolute atomic E-state index is 12.5. The van der Waals surface area contributed by atoms with Crippen molar-refractivity contribution in [3.05, 3.63) is 77.5 Å². The minimum Gasteiger partial charge on any atom is -0.480 e. The third-order valence-electron chi connectivity index (χ3n) is 4.22. The quantitative estimate of drug-likeness (QED) is 0.638. The maximum atomic E-state index is 12.5. The number of benzene rings is 2. The number of esters is 1. The van der Waals surface area contributed by atoms with Crippen LogP contribution in [0.2, 0.25) is 0 Å². The van der Waals surface area contributed by atoms with Crippen molar-refractivity contribution < 1.29 is 24.2 Å². The van der Waals surface area contributed by atoms with Crippen LogP contribution in [-0.4, -0.2) is 41.1 Å². The van der Waals surface area contributed by atoms with E-state index in [0.29, 0.717) is 5.69 Å². The second-order valence-electron chi connectivity index (χ2n) is 6.14. The van der Waals surface area contributed by atoms with Crippen LogP contribution in [0.1, 0.15) is 26.4 Å². The zero-order chi connectivity index (χ0) is 20.1. The number of hydrogen-bond acceptors (Lipinski definition) is 5. The Morgan fingerprint density at radius 2 is 1.79 bits per heavy atom. The van der Waals surface area contributed by atoms with Crippen LogP contribution >= 0.6 is 0 Å². The lowest BCUT2D eigenvalue weighted by atomic mass is 10.1. The number of pyridine rings is 1. The predicted octanol–water partition coefficient (Wildman–Crippen LogP) is 2.45. The molecule has 0 unspecified atom stereocenters. The van der Waals surface area contributed by atoms with E-state index < -0.39 is 23.9 Å². The highest BCUT2D eigenvalue weighted by molar-refractivity contribution is 5.99. The van der Waals surface area contributed by atoms with Gasteiger partial charge in [-0.2, -0.15) is 0 Å². The lowest BCUT2D eigenvalue weighted by Gasteiger charge is -2.15. The van der Waals surface area contributed by atoms with Gasteiger partial charge in [-0.05, 0) is 30.3 Å². The lowest BCUT2D eigenvalue weighted by molar-refractivity contribution is -0.139. The first-order valence-corrected chi connectivity index (χ1v) is 8.54. The maximum Gasteiger partial charge on any atom is 0.337 e. The minimum absolute atomic E-state index is 0.0304. The molecule has 1 heterocycles. The van der Waals surface area contributed by atoms with Crippen LogP contribution < -0.4 is 5.32 Å². The van der Waals surface area contributed by atoms with Gasteiger partial charge in [-0.3, -0.25) is 9.78 Å². The van der Waals surface area contributed by atoms with Gasteiger partial charge in [0, 0.05) is 23.1 Å². The van der Waals surface area contributed by atoms with Crippen molar-refractivity contribution in [2.45, 2.75) is 12.5 Å². The number of nitrogens with one attached hydrogen (secondary N) is 1. The van der Waals surface area contributed by atoms with Gasteiger partial charge in [-0.15, -0.1) is 0 Å². The highest BCUT2D eigenvalue weighted by Crippen LogP contribution is 2.13. The summed E-state index contributed by atoms with van der Waals surface area (Å²) in [7, 11) is 1.24. The summed E-state index contributed by atoms with van der Waals surface area (Å²) in [6.07, 6.45) is 0.0304. The molecule has 7 nitrogen and oxygen atoms in total. The van der Waals surface area contributed by atoms with Crippen LogP contribution in [0, 0.1) is 0 Å². The number of carbonyl (C=O) groups is 3. The number of hydrogen-bond donors (Lipinski definition) is 2. The summed E-state index contributed by atoms with van der Waals surface area (Å²) in [6.45, 7) is 0. The molecule has 0 saturated heterocycles. The average molecular weight is 378 g/mol. The van der Waals surface area contributed by atoms with Crippen LogP contribution in [0.3, 0.4) is 0 Å². The molecule has 0 bridgehead atoms. The molecule has 0 radical (unpaired) electrons. The zero-order valence-electron chi connectivity index (χ0n) is 15.1. The molecule has 1 atom stereocenters. The van der Waals surface area contributed by atoms with E-state index in [1.54, 1.807) is 6.07 Å². The van der Waals surface area contributed by atoms with Gasteiger partial charge in [0.25, 0.3) is 5.91 Å². The highest BCUT2D eigenvalue weighted by atomic mass is 16.5. The van der Waals surface area contributed by atoms with Gasteiger partial charge in [0.2, 0.25) is 0 Å². The zero-order valence-corrected chi connectivity index (χ0v) is 15.1. The van der Waals surface area contributed by atoms with Crippen LogP contribution in [0.4, 0.5) is 0 Å². The molecule has 2 aromatic carbocycles. The monoisotopic (exact) mass is 378 g/mol. The molecular formula is C21H18N2O5. The molecule has 0 aliphatic carbocycles. The Labute approximate surface area is 161 Å². The number of carboxylic acid groups (broad SMARTS) is 1. The van der Waals surface area contributed by atoms with Crippen LogP contribution in [0.25, 0.3) is 10.9 Å². The standard InChI is InChI=1S/C21H18N2O5/c1-28-21(27)15-7-4-6-14(11-15)19(24)23-18(20(25)26)12-16-10-9-13-5-2-3-8-17(13)22-16/h2-11,18H,12H2,1H3,(H,23,24)(H,25,26)/t18-/m0/s1. The molecular weight excluding hydrogens is 360 g/mol. The number of para-hydroxylation sites is 1. The number of carboxylic acids is 1. The van der Waals surface area contributed by atoms with Crippen molar-refractivity contribution in [3.63, 3.8) is 0 Å². The van der Waals surface area contributed by atoms with E-state index in [-0.39, 0.29) is 17.5 Å². The van der Waals surface area contributed by atoms with Crippen LogP contribution in [0.15, 0.2) is 60.7 Å². The molecule has 3 aromatic rings. The molecule has 0 saturated carbocycles. The molecule has 28 heavy (non-hydrogen) atoms. The second kappa shape index (κ2) is 8.30. The first-order valence-electron chi connectivity index (χ1n) is 8.54. The second-order valence-corrected chi connectivity index (χ2v) is 6.14. The van der Waals surface area contributed by atoms with E-state index in [1.807, 2.05) is 30.3 Å². The molecule has 1 amide bonds. The number of fused-ring (bicyclic) bond motifs is 1. The third-order valence-corrected chi connectivity index (χ3v) is 4.22. The topological polar surface area (TPSA) is 106 Å². The Morgan fingerprint density at radius 1 is 1.04 bits per heavy atom. The smallest absolute Gasteiger partial charge is 0.337 e. The number of aromatic nitrogens is 1. The van der Waals surface area contributed by atoms with Gasteiger partial charge in [0.15, 0.2) is 0 Å². The number of carbonyl (C=O) groups excluding carboxylic acids is 2. The minimum atomic E-state index is -1.17. The van der Waals surface area contributed by atoms with Gasteiger partial charge in [-0.1, -0.05) is 30.3 Å².